The standard InChI is InChI=1S/C12H13ClFNO2/c1-2-12(17)6-15(7-12)11(16)9-4-3-8(14)5-10(9)13/h3-5,17H,2,6-7H2,1H3. The number of carbonyl (C=O) groups is 1. The van der Waals surface area contributed by atoms with Crippen LogP contribution in [0.25, 0.3) is 0 Å². The molecule has 0 radical (unpaired) electrons. The average molecular weight is 258 g/mol. The van der Waals surface area contributed by atoms with E-state index in [1.807, 2.05) is 6.92 Å². The zero-order chi connectivity index (χ0) is 12.6. The molecule has 5 heteroatoms. The first-order chi connectivity index (χ1) is 7.95. The molecule has 17 heavy (non-hydrogen) atoms. The Morgan fingerprint density at radius 2 is 2.24 bits per heavy atom. The van der Waals surface area contributed by atoms with Gasteiger partial charge in [-0.15, -0.1) is 0 Å². The summed E-state index contributed by atoms with van der Waals surface area (Å²) in [5.41, 5.74) is -0.506. The summed E-state index contributed by atoms with van der Waals surface area (Å²) in [6, 6.07) is 3.68. The van der Waals surface area contributed by atoms with Crippen molar-refractivity contribution in [3.05, 3.63) is 34.6 Å². The largest absolute Gasteiger partial charge is 0.386 e. The average Bonchev–Trinajstić information content (AvgIpc) is 2.24. The molecule has 0 aliphatic carbocycles. The molecule has 92 valence electrons. The fourth-order valence-electron chi connectivity index (χ4n) is 1.86. The molecule has 0 unspecified atom stereocenters. The first kappa shape index (κ1) is 12.3. The third-order valence-corrected chi connectivity index (χ3v) is 3.39. The Morgan fingerprint density at radius 1 is 1.59 bits per heavy atom. The van der Waals surface area contributed by atoms with Gasteiger partial charge in [-0.25, -0.2) is 4.39 Å². The van der Waals surface area contributed by atoms with Gasteiger partial charge in [-0.2, -0.15) is 0 Å². The predicted octanol–water partition coefficient (Wildman–Crippen LogP) is 2.08. The Balaban J connectivity index is 2.12. The Labute approximate surface area is 104 Å². The molecule has 1 N–H and O–H groups in total. The number of rotatable bonds is 2. The van der Waals surface area contributed by atoms with Crippen LogP contribution in [0.5, 0.6) is 0 Å². The Morgan fingerprint density at radius 3 is 2.76 bits per heavy atom. The van der Waals surface area contributed by atoms with Crippen molar-refractivity contribution < 1.29 is 14.3 Å². The lowest BCUT2D eigenvalue weighted by molar-refractivity contribution is -0.0826. The van der Waals surface area contributed by atoms with E-state index < -0.39 is 11.4 Å². The van der Waals surface area contributed by atoms with Crippen molar-refractivity contribution in [2.24, 2.45) is 0 Å². The molecule has 0 bridgehead atoms. The minimum Gasteiger partial charge on any atom is -0.386 e. The molecule has 1 saturated heterocycles. The molecule has 3 nitrogen and oxygen atoms in total. The van der Waals surface area contributed by atoms with E-state index >= 15 is 0 Å². The van der Waals surface area contributed by atoms with Gasteiger partial charge >= 0.3 is 0 Å². The molecule has 1 aromatic carbocycles. The molecule has 1 heterocycles. The maximum atomic E-state index is 12.8. The molecule has 0 atom stereocenters. The molecule has 1 aliphatic heterocycles. The van der Waals surface area contributed by atoms with E-state index in [2.05, 4.69) is 0 Å². The topological polar surface area (TPSA) is 40.5 Å². The molecular weight excluding hydrogens is 245 g/mol. The van der Waals surface area contributed by atoms with E-state index in [9.17, 15) is 14.3 Å². The second-order valence-electron chi connectivity index (χ2n) is 4.36. The number of halogens is 2. The third-order valence-electron chi connectivity index (χ3n) is 3.08. The van der Waals surface area contributed by atoms with Gasteiger partial charge < -0.3 is 10.0 Å². The summed E-state index contributed by atoms with van der Waals surface area (Å²) in [5.74, 6) is -0.742. The van der Waals surface area contributed by atoms with Crippen LogP contribution in [-0.4, -0.2) is 34.6 Å². The predicted molar refractivity (Wildman–Crippen MR) is 62.6 cm³/mol. The van der Waals surface area contributed by atoms with Crippen molar-refractivity contribution in [1.82, 2.24) is 4.90 Å². The molecular formula is C12H13ClFNO2. The zero-order valence-corrected chi connectivity index (χ0v) is 10.2. The van der Waals surface area contributed by atoms with Crippen LogP contribution < -0.4 is 0 Å². The lowest BCUT2D eigenvalue weighted by Crippen LogP contribution is -2.63. The van der Waals surface area contributed by atoms with Gasteiger partial charge in [0, 0.05) is 0 Å². The normalized spacial score (nSPS) is 17.8. The van der Waals surface area contributed by atoms with Gasteiger partial charge in [0.2, 0.25) is 0 Å². The number of β-amino-alcohol motifs (C(OH)–C–C–N with tert-alkyl or cyclic N) is 1. The highest BCUT2D eigenvalue weighted by atomic mass is 35.5. The number of carbonyl (C=O) groups excluding carboxylic acids is 1. The molecule has 1 aliphatic rings. The Kier molecular flexibility index (Phi) is 3.10. The van der Waals surface area contributed by atoms with E-state index in [1.165, 1.54) is 17.0 Å². The first-order valence-electron chi connectivity index (χ1n) is 5.42. The van der Waals surface area contributed by atoms with Crippen LogP contribution in [0.4, 0.5) is 4.39 Å². The Bertz CT molecular complexity index is 458. The van der Waals surface area contributed by atoms with E-state index in [-0.39, 0.29) is 16.5 Å². The lowest BCUT2D eigenvalue weighted by Gasteiger charge is -2.46. The quantitative estimate of drug-likeness (QED) is 0.881. The second kappa shape index (κ2) is 4.27. The SMILES string of the molecule is CCC1(O)CN(C(=O)c2ccc(F)cc2Cl)C1. The number of amides is 1. The summed E-state index contributed by atoms with van der Waals surface area (Å²) in [6.07, 6.45) is 0.605. The number of hydrogen-bond acceptors (Lipinski definition) is 2. The third kappa shape index (κ3) is 2.28. The van der Waals surface area contributed by atoms with Crippen LogP contribution in [0, 0.1) is 5.82 Å². The molecule has 1 amide bonds. The molecule has 0 aromatic heterocycles. The zero-order valence-electron chi connectivity index (χ0n) is 9.41. The van der Waals surface area contributed by atoms with Gasteiger partial charge in [0.1, 0.15) is 5.82 Å². The van der Waals surface area contributed by atoms with Crippen molar-refractivity contribution in [1.29, 1.82) is 0 Å². The van der Waals surface area contributed by atoms with E-state index in [0.29, 0.717) is 19.5 Å². The van der Waals surface area contributed by atoms with Crippen LogP contribution >= 0.6 is 11.6 Å². The van der Waals surface area contributed by atoms with Gasteiger partial charge in [-0.3, -0.25) is 4.79 Å². The number of hydrogen-bond donors (Lipinski definition) is 1. The van der Waals surface area contributed by atoms with Crippen molar-refractivity contribution in [2.45, 2.75) is 18.9 Å². The maximum Gasteiger partial charge on any atom is 0.255 e. The van der Waals surface area contributed by atoms with Gasteiger partial charge in [0.05, 0.1) is 29.3 Å². The lowest BCUT2D eigenvalue weighted by atomic mass is 9.90. The van der Waals surface area contributed by atoms with E-state index in [1.54, 1.807) is 0 Å². The van der Waals surface area contributed by atoms with Crippen molar-refractivity contribution in [3.8, 4) is 0 Å². The number of likely N-dealkylation sites (tertiary alicyclic amines) is 1. The van der Waals surface area contributed by atoms with Crippen molar-refractivity contribution >= 4 is 17.5 Å². The molecule has 0 spiro atoms. The van der Waals surface area contributed by atoms with Crippen LogP contribution in [0.2, 0.25) is 5.02 Å². The molecule has 2 rings (SSSR count). The summed E-state index contributed by atoms with van der Waals surface area (Å²) in [6.45, 7) is 2.47. The van der Waals surface area contributed by atoms with Crippen molar-refractivity contribution in [2.75, 3.05) is 13.1 Å². The minimum absolute atomic E-state index is 0.0990. The van der Waals surface area contributed by atoms with E-state index in [0.717, 1.165) is 6.07 Å². The smallest absolute Gasteiger partial charge is 0.255 e. The maximum absolute atomic E-state index is 12.8. The van der Waals surface area contributed by atoms with Gasteiger partial charge in [0.25, 0.3) is 5.91 Å². The van der Waals surface area contributed by atoms with Gasteiger partial charge in [-0.1, -0.05) is 18.5 Å². The van der Waals surface area contributed by atoms with Crippen LogP contribution in [-0.2, 0) is 0 Å². The number of nitrogens with zero attached hydrogens (tertiary/aromatic N) is 1. The summed E-state index contributed by atoms with van der Waals surface area (Å²) in [5, 5.41) is 9.91. The number of benzene rings is 1. The van der Waals surface area contributed by atoms with Crippen LogP contribution in [0.1, 0.15) is 23.7 Å². The summed E-state index contributed by atoms with van der Waals surface area (Å²) in [4.78, 5) is 13.5. The Hall–Kier alpha value is -1.13. The summed E-state index contributed by atoms with van der Waals surface area (Å²) >= 11 is 5.80. The highest BCUT2D eigenvalue weighted by Gasteiger charge is 2.42. The number of aliphatic hydroxyl groups is 1. The van der Waals surface area contributed by atoms with Gasteiger partial charge in [0.15, 0.2) is 0 Å². The molecule has 1 fully saturated rings. The fourth-order valence-corrected chi connectivity index (χ4v) is 2.11. The molecule has 0 saturated carbocycles. The first-order valence-corrected chi connectivity index (χ1v) is 5.80. The molecule has 1 aromatic rings. The second-order valence-corrected chi connectivity index (χ2v) is 4.77. The van der Waals surface area contributed by atoms with Crippen molar-refractivity contribution in [3.63, 3.8) is 0 Å². The van der Waals surface area contributed by atoms with Crippen LogP contribution in [0.15, 0.2) is 18.2 Å². The minimum atomic E-state index is -0.776. The van der Waals surface area contributed by atoms with Gasteiger partial charge in [-0.05, 0) is 24.6 Å². The highest BCUT2D eigenvalue weighted by Crippen LogP contribution is 2.27. The fraction of sp³-hybridized carbons (Fsp3) is 0.417. The summed E-state index contributed by atoms with van der Waals surface area (Å²) < 4.78 is 12.8. The van der Waals surface area contributed by atoms with E-state index in [4.69, 9.17) is 11.6 Å². The monoisotopic (exact) mass is 257 g/mol. The van der Waals surface area contributed by atoms with Crippen LogP contribution in [0.3, 0.4) is 0 Å². The highest BCUT2D eigenvalue weighted by molar-refractivity contribution is 6.33. The summed E-state index contributed by atoms with van der Waals surface area (Å²) in [7, 11) is 0.